The minimum atomic E-state index is -1.09. The Morgan fingerprint density at radius 1 is 1.18 bits per heavy atom. The molecule has 0 aromatic heterocycles. The lowest BCUT2D eigenvalue weighted by molar-refractivity contribution is -0.155. The number of rotatable bonds is 15. The Labute approximate surface area is 235 Å². The van der Waals surface area contributed by atoms with Crippen LogP contribution in [0.5, 0.6) is 0 Å². The molecule has 1 spiro atoms. The van der Waals surface area contributed by atoms with Gasteiger partial charge in [-0.25, -0.2) is 0 Å². The zero-order valence-corrected chi connectivity index (χ0v) is 24.8. The maximum atomic E-state index is 14.3. The van der Waals surface area contributed by atoms with Crippen molar-refractivity contribution < 1.29 is 29.0 Å². The molecular weight excluding hydrogens is 552 g/mol. The highest BCUT2D eigenvalue weighted by molar-refractivity contribution is 9.09. The number of nitrogens with zero attached hydrogens (tertiary/aromatic N) is 2. The third-order valence-corrected chi connectivity index (χ3v) is 8.88. The molecule has 3 heterocycles. The van der Waals surface area contributed by atoms with Gasteiger partial charge in [-0.3, -0.25) is 14.4 Å². The zero-order chi connectivity index (χ0) is 28.1. The molecule has 8 nitrogen and oxygen atoms in total. The molecule has 3 fully saturated rings. The van der Waals surface area contributed by atoms with Gasteiger partial charge in [-0.05, 0) is 59.3 Å². The molecule has 6 atom stereocenters. The molecule has 0 aliphatic carbocycles. The molecule has 2 bridgehead atoms. The van der Waals surface area contributed by atoms with Gasteiger partial charge < -0.3 is 24.4 Å². The molecule has 0 radical (unpaired) electrons. The summed E-state index contributed by atoms with van der Waals surface area (Å²) < 4.78 is 12.2. The Morgan fingerprint density at radius 2 is 1.89 bits per heavy atom. The van der Waals surface area contributed by atoms with E-state index in [-0.39, 0.29) is 29.9 Å². The van der Waals surface area contributed by atoms with E-state index >= 15 is 0 Å². The van der Waals surface area contributed by atoms with Crippen LogP contribution >= 0.6 is 15.9 Å². The largest absolute Gasteiger partial charge is 0.465 e. The fraction of sp³-hybridized carbons (Fsp3) is 0.759. The summed E-state index contributed by atoms with van der Waals surface area (Å²) in [5, 5.41) is 9.12. The Balaban J connectivity index is 1.92. The van der Waals surface area contributed by atoms with Crippen molar-refractivity contribution in [3.05, 3.63) is 25.3 Å². The van der Waals surface area contributed by atoms with E-state index < -0.39 is 41.1 Å². The van der Waals surface area contributed by atoms with Crippen molar-refractivity contribution in [2.75, 3.05) is 26.3 Å². The molecule has 3 aliphatic heterocycles. The van der Waals surface area contributed by atoms with Crippen molar-refractivity contribution in [2.24, 2.45) is 11.8 Å². The SMILES string of the molecule is C=CCCCCOC(=O)[C@H]1[C@H]2C(=O)N(CCCCCCO)C(C(=O)N(CC=C)C(C)(C)C)C23CC(Br)[C@@H]1O3. The average Bonchev–Trinajstić information content (AvgIpc) is 3.44. The van der Waals surface area contributed by atoms with Crippen LogP contribution in [0.15, 0.2) is 25.3 Å². The lowest BCUT2D eigenvalue weighted by Gasteiger charge is -2.42. The van der Waals surface area contributed by atoms with E-state index in [2.05, 4.69) is 29.1 Å². The standard InChI is InChI=1S/C29H45BrN2O6/c1-6-8-9-14-18-37-27(36)21-22-25(34)31(16-12-10-11-13-17-33)24(29(22)19-20(30)23(21)38-29)26(35)32(15-7-2)28(3,4)5/h6-7,20-24,33H,1-2,8-19H2,3-5H3/t20?,21-,22-,23-,24?,29?/m0/s1. The van der Waals surface area contributed by atoms with Crippen LogP contribution in [0.4, 0.5) is 0 Å². The van der Waals surface area contributed by atoms with Crippen molar-refractivity contribution in [3.8, 4) is 0 Å². The van der Waals surface area contributed by atoms with Gasteiger partial charge in [0.05, 0.1) is 24.5 Å². The molecule has 2 amide bonds. The number of hydrogen-bond donors (Lipinski definition) is 1. The third-order valence-electron chi connectivity index (χ3n) is 8.04. The number of unbranched alkanes of at least 4 members (excludes halogenated alkanes) is 5. The van der Waals surface area contributed by atoms with Crippen molar-refractivity contribution in [3.63, 3.8) is 0 Å². The van der Waals surface area contributed by atoms with Crippen molar-refractivity contribution in [2.45, 2.75) is 100 Å². The number of carbonyl (C=O) groups is 3. The smallest absolute Gasteiger partial charge is 0.312 e. The lowest BCUT2D eigenvalue weighted by Crippen LogP contribution is -2.60. The Bertz CT molecular complexity index is 889. The quantitative estimate of drug-likeness (QED) is 0.133. The summed E-state index contributed by atoms with van der Waals surface area (Å²) in [6.45, 7) is 14.6. The zero-order valence-electron chi connectivity index (χ0n) is 23.2. The number of hydrogen-bond acceptors (Lipinski definition) is 6. The predicted molar refractivity (Wildman–Crippen MR) is 150 cm³/mol. The van der Waals surface area contributed by atoms with Gasteiger partial charge in [0.25, 0.3) is 0 Å². The minimum absolute atomic E-state index is 0.135. The number of halogens is 1. The molecule has 3 rings (SSSR count). The molecule has 1 N–H and O–H groups in total. The monoisotopic (exact) mass is 596 g/mol. The summed E-state index contributed by atoms with van der Waals surface area (Å²) in [7, 11) is 0. The number of fused-ring (bicyclic) bond motifs is 1. The third kappa shape index (κ3) is 6.04. The number of esters is 1. The van der Waals surface area contributed by atoms with Gasteiger partial charge in [0.2, 0.25) is 11.8 Å². The Morgan fingerprint density at radius 3 is 2.53 bits per heavy atom. The van der Waals surface area contributed by atoms with E-state index in [1.165, 1.54) is 0 Å². The van der Waals surface area contributed by atoms with Crippen LogP contribution < -0.4 is 0 Å². The maximum absolute atomic E-state index is 14.3. The van der Waals surface area contributed by atoms with E-state index in [4.69, 9.17) is 14.6 Å². The highest BCUT2D eigenvalue weighted by Crippen LogP contribution is 2.60. The van der Waals surface area contributed by atoms with Crippen LogP contribution in [-0.4, -0.2) is 87.1 Å². The summed E-state index contributed by atoms with van der Waals surface area (Å²) in [6, 6.07) is -0.826. The van der Waals surface area contributed by atoms with Crippen LogP contribution in [0.1, 0.15) is 72.1 Å². The summed E-state index contributed by atoms with van der Waals surface area (Å²) in [5.74, 6) is -2.31. The summed E-state index contributed by atoms with van der Waals surface area (Å²) >= 11 is 3.70. The van der Waals surface area contributed by atoms with E-state index in [0.29, 0.717) is 32.4 Å². The fourth-order valence-electron chi connectivity index (χ4n) is 6.30. The first-order valence-electron chi connectivity index (χ1n) is 14.0. The molecule has 0 aromatic rings. The Hall–Kier alpha value is -1.71. The van der Waals surface area contributed by atoms with E-state index in [0.717, 1.165) is 32.1 Å². The second-order valence-corrected chi connectivity index (χ2v) is 12.9. The van der Waals surface area contributed by atoms with Crippen LogP contribution in [0.3, 0.4) is 0 Å². The predicted octanol–water partition coefficient (Wildman–Crippen LogP) is 4.00. The van der Waals surface area contributed by atoms with E-state index in [1.54, 1.807) is 15.9 Å². The normalized spacial score (nSPS) is 29.9. The number of ether oxygens (including phenoxy) is 2. The van der Waals surface area contributed by atoms with Gasteiger partial charge in [-0.1, -0.05) is 40.9 Å². The average molecular weight is 598 g/mol. The summed E-state index contributed by atoms with van der Waals surface area (Å²) in [4.78, 5) is 45.0. The fourth-order valence-corrected chi connectivity index (χ4v) is 7.24. The highest BCUT2D eigenvalue weighted by atomic mass is 79.9. The number of alkyl halides is 1. The second-order valence-electron chi connectivity index (χ2n) is 11.7. The van der Waals surface area contributed by atoms with E-state index in [1.807, 2.05) is 26.8 Å². The highest BCUT2D eigenvalue weighted by Gasteiger charge is 2.77. The van der Waals surface area contributed by atoms with Crippen molar-refractivity contribution >= 4 is 33.7 Å². The van der Waals surface area contributed by atoms with Gasteiger partial charge >= 0.3 is 5.97 Å². The van der Waals surface area contributed by atoms with Crippen LogP contribution in [0.2, 0.25) is 0 Å². The van der Waals surface area contributed by atoms with Gasteiger partial charge in [0, 0.05) is 30.1 Å². The van der Waals surface area contributed by atoms with Gasteiger partial charge in [0.1, 0.15) is 11.6 Å². The first kappa shape index (κ1) is 30.8. The molecule has 3 saturated heterocycles. The van der Waals surface area contributed by atoms with Crippen LogP contribution in [0.25, 0.3) is 0 Å². The van der Waals surface area contributed by atoms with E-state index in [9.17, 15) is 14.4 Å². The number of carbonyl (C=O) groups excluding carboxylic acids is 3. The lowest BCUT2D eigenvalue weighted by atomic mass is 9.70. The molecule has 0 saturated carbocycles. The number of amides is 2. The van der Waals surface area contributed by atoms with Gasteiger partial charge in [-0.2, -0.15) is 0 Å². The first-order valence-corrected chi connectivity index (χ1v) is 14.9. The first-order chi connectivity index (χ1) is 18.0. The van der Waals surface area contributed by atoms with Gasteiger partial charge in [-0.15, -0.1) is 13.2 Å². The number of aliphatic hydroxyl groups excluding tert-OH is 1. The molecule has 214 valence electrons. The number of likely N-dealkylation sites (tertiary alicyclic amines) is 1. The minimum Gasteiger partial charge on any atom is -0.465 e. The second kappa shape index (κ2) is 13.1. The Kier molecular flexibility index (Phi) is 10.6. The molecule has 9 heteroatoms. The molecule has 3 aliphatic rings. The topological polar surface area (TPSA) is 96.4 Å². The molecule has 38 heavy (non-hydrogen) atoms. The number of aliphatic hydroxyl groups is 1. The van der Waals surface area contributed by atoms with Crippen LogP contribution in [-0.2, 0) is 23.9 Å². The van der Waals surface area contributed by atoms with Crippen molar-refractivity contribution in [1.82, 2.24) is 9.80 Å². The molecule has 3 unspecified atom stereocenters. The van der Waals surface area contributed by atoms with Gasteiger partial charge in [0.15, 0.2) is 0 Å². The molecular formula is C29H45BrN2O6. The number of allylic oxidation sites excluding steroid dienone is 1. The molecule has 0 aromatic carbocycles. The van der Waals surface area contributed by atoms with Crippen molar-refractivity contribution in [1.29, 1.82) is 0 Å². The van der Waals surface area contributed by atoms with Crippen LogP contribution in [0, 0.1) is 11.8 Å². The summed E-state index contributed by atoms with van der Waals surface area (Å²) in [6.07, 6.45) is 9.03. The summed E-state index contributed by atoms with van der Waals surface area (Å²) in [5.41, 5.74) is -1.58. The maximum Gasteiger partial charge on any atom is 0.312 e.